The minimum absolute atomic E-state index is 0.136. The number of nitrogens with one attached hydrogen (secondary N) is 2. The van der Waals surface area contributed by atoms with Crippen LogP contribution in [0.3, 0.4) is 0 Å². The van der Waals surface area contributed by atoms with E-state index in [0.717, 1.165) is 11.3 Å². The second-order valence-corrected chi connectivity index (χ2v) is 5.15. The van der Waals surface area contributed by atoms with E-state index in [1.165, 1.54) is 6.07 Å². The van der Waals surface area contributed by atoms with Crippen LogP contribution in [0.5, 0.6) is 0 Å². The zero-order valence-electron chi connectivity index (χ0n) is 12.7. The van der Waals surface area contributed by atoms with Crippen LogP contribution in [0, 0.1) is 5.92 Å². The molecule has 0 saturated carbocycles. The lowest BCUT2D eigenvalue weighted by Gasteiger charge is -2.11. The van der Waals surface area contributed by atoms with Gasteiger partial charge in [0.25, 0.3) is 5.56 Å². The summed E-state index contributed by atoms with van der Waals surface area (Å²) in [7, 11) is 0. The molecular weight excluding hydrogens is 280 g/mol. The molecule has 0 aliphatic carbocycles. The number of amides is 1. The number of nitrogens with zero attached hydrogens (tertiary/aromatic N) is 1. The fourth-order valence-corrected chi connectivity index (χ4v) is 1.94. The number of hydrogen-bond acceptors (Lipinski definition) is 4. The fourth-order valence-electron chi connectivity index (χ4n) is 1.94. The Morgan fingerprint density at radius 2 is 2.18 bits per heavy atom. The number of hydrogen-bond donors (Lipinski definition) is 3. The third-order valence-corrected chi connectivity index (χ3v) is 3.36. The number of rotatable bonds is 5. The van der Waals surface area contributed by atoms with E-state index in [1.54, 1.807) is 25.1 Å². The summed E-state index contributed by atoms with van der Waals surface area (Å²) in [6.07, 6.45) is 0.682. The summed E-state index contributed by atoms with van der Waals surface area (Å²) in [4.78, 5) is 30.7. The SMILES string of the molecule is CCc1cc(=O)[nH]c(-c2cccc(NC(=O)C(C)CN)c2)n1. The molecule has 0 spiro atoms. The van der Waals surface area contributed by atoms with Crippen LogP contribution in [0.4, 0.5) is 5.69 Å². The van der Waals surface area contributed by atoms with Gasteiger partial charge in [-0.05, 0) is 18.6 Å². The van der Waals surface area contributed by atoms with Crippen LogP contribution in [0.2, 0.25) is 0 Å². The minimum Gasteiger partial charge on any atom is -0.330 e. The molecule has 0 aliphatic rings. The number of carbonyl (C=O) groups excluding carboxylic acids is 1. The molecule has 1 atom stereocenters. The zero-order chi connectivity index (χ0) is 16.1. The number of anilines is 1. The molecule has 1 amide bonds. The van der Waals surface area contributed by atoms with Gasteiger partial charge in [0.15, 0.2) is 0 Å². The quantitative estimate of drug-likeness (QED) is 0.779. The fraction of sp³-hybridized carbons (Fsp3) is 0.312. The molecule has 4 N–H and O–H groups in total. The Balaban J connectivity index is 2.30. The largest absolute Gasteiger partial charge is 0.330 e. The highest BCUT2D eigenvalue weighted by atomic mass is 16.2. The van der Waals surface area contributed by atoms with Crippen molar-refractivity contribution >= 4 is 11.6 Å². The predicted octanol–water partition coefficient (Wildman–Crippen LogP) is 1.53. The van der Waals surface area contributed by atoms with Crippen LogP contribution >= 0.6 is 0 Å². The molecule has 0 fully saturated rings. The topological polar surface area (TPSA) is 101 Å². The molecule has 6 nitrogen and oxygen atoms in total. The standard InChI is InChI=1S/C16H20N4O2/c1-3-12-8-14(21)20-15(18-12)11-5-4-6-13(7-11)19-16(22)10(2)9-17/h4-8,10H,3,9,17H2,1-2H3,(H,19,22)(H,18,20,21). The molecule has 0 aliphatic heterocycles. The Morgan fingerprint density at radius 3 is 2.86 bits per heavy atom. The van der Waals surface area contributed by atoms with Gasteiger partial charge in [-0.15, -0.1) is 0 Å². The molecule has 0 radical (unpaired) electrons. The summed E-state index contributed by atoms with van der Waals surface area (Å²) in [5, 5.41) is 2.81. The van der Waals surface area contributed by atoms with Gasteiger partial charge in [-0.25, -0.2) is 4.98 Å². The van der Waals surface area contributed by atoms with Crippen LogP contribution in [0.1, 0.15) is 19.5 Å². The maximum absolute atomic E-state index is 11.9. The molecule has 1 unspecified atom stereocenters. The molecule has 0 bridgehead atoms. The Bertz CT molecular complexity index is 724. The minimum atomic E-state index is -0.259. The van der Waals surface area contributed by atoms with Gasteiger partial charge in [-0.2, -0.15) is 0 Å². The lowest BCUT2D eigenvalue weighted by Crippen LogP contribution is -2.26. The van der Waals surface area contributed by atoms with Crippen molar-refractivity contribution in [2.75, 3.05) is 11.9 Å². The zero-order valence-corrected chi connectivity index (χ0v) is 12.7. The second-order valence-electron chi connectivity index (χ2n) is 5.15. The van der Waals surface area contributed by atoms with Gasteiger partial charge in [0.05, 0.1) is 0 Å². The van der Waals surface area contributed by atoms with Gasteiger partial charge in [-0.3, -0.25) is 9.59 Å². The van der Waals surface area contributed by atoms with Gasteiger partial charge in [0.1, 0.15) is 5.82 Å². The first kappa shape index (κ1) is 15.9. The summed E-state index contributed by atoms with van der Waals surface area (Å²) in [5.74, 6) is 0.0979. The summed E-state index contributed by atoms with van der Waals surface area (Å²) in [6.45, 7) is 4.00. The van der Waals surface area contributed by atoms with Gasteiger partial charge in [-0.1, -0.05) is 26.0 Å². The Morgan fingerprint density at radius 1 is 1.41 bits per heavy atom. The first-order chi connectivity index (χ1) is 10.5. The number of aromatic amines is 1. The molecule has 1 heterocycles. The van der Waals surface area contributed by atoms with Gasteiger partial charge in [0.2, 0.25) is 5.91 Å². The van der Waals surface area contributed by atoms with Gasteiger partial charge >= 0.3 is 0 Å². The van der Waals surface area contributed by atoms with Gasteiger partial charge < -0.3 is 16.0 Å². The Labute approximate surface area is 128 Å². The van der Waals surface area contributed by atoms with E-state index in [2.05, 4.69) is 15.3 Å². The van der Waals surface area contributed by atoms with Crippen LogP contribution < -0.4 is 16.6 Å². The maximum atomic E-state index is 11.9. The number of benzene rings is 1. The molecule has 2 aromatic rings. The molecule has 116 valence electrons. The van der Waals surface area contributed by atoms with Crippen LogP contribution in [0.15, 0.2) is 35.1 Å². The first-order valence-corrected chi connectivity index (χ1v) is 7.25. The van der Waals surface area contributed by atoms with Crippen molar-refractivity contribution in [3.8, 4) is 11.4 Å². The lowest BCUT2D eigenvalue weighted by molar-refractivity contribution is -0.119. The highest BCUT2D eigenvalue weighted by Crippen LogP contribution is 2.19. The second kappa shape index (κ2) is 7.00. The van der Waals surface area contributed by atoms with E-state index < -0.39 is 0 Å². The monoisotopic (exact) mass is 300 g/mol. The van der Waals surface area contributed by atoms with E-state index in [1.807, 2.05) is 13.0 Å². The van der Waals surface area contributed by atoms with E-state index in [9.17, 15) is 9.59 Å². The third-order valence-electron chi connectivity index (χ3n) is 3.36. The number of nitrogens with two attached hydrogens (primary N) is 1. The number of aryl methyl sites for hydroxylation is 1. The molecule has 6 heteroatoms. The number of aromatic nitrogens is 2. The molecule has 2 rings (SSSR count). The highest BCUT2D eigenvalue weighted by molar-refractivity contribution is 5.93. The van der Waals surface area contributed by atoms with Crippen molar-refractivity contribution in [3.63, 3.8) is 0 Å². The molecule has 1 aromatic heterocycles. The smallest absolute Gasteiger partial charge is 0.251 e. The Hall–Kier alpha value is -2.47. The summed E-state index contributed by atoms with van der Waals surface area (Å²) in [5.41, 5.74) is 7.41. The summed E-state index contributed by atoms with van der Waals surface area (Å²) < 4.78 is 0. The number of H-pyrrole nitrogens is 1. The van der Waals surface area contributed by atoms with Crippen molar-refractivity contribution in [1.29, 1.82) is 0 Å². The molecule has 0 saturated heterocycles. The van der Waals surface area contributed by atoms with E-state index in [4.69, 9.17) is 5.73 Å². The van der Waals surface area contributed by atoms with Crippen LogP contribution in [0.25, 0.3) is 11.4 Å². The normalized spacial score (nSPS) is 12.0. The summed E-state index contributed by atoms with van der Waals surface area (Å²) >= 11 is 0. The van der Waals surface area contributed by atoms with Crippen molar-refractivity contribution in [1.82, 2.24) is 9.97 Å². The molecular formula is C16H20N4O2. The van der Waals surface area contributed by atoms with E-state index in [0.29, 0.717) is 24.5 Å². The highest BCUT2D eigenvalue weighted by Gasteiger charge is 2.11. The first-order valence-electron chi connectivity index (χ1n) is 7.25. The van der Waals surface area contributed by atoms with Gasteiger partial charge in [0, 0.05) is 35.5 Å². The number of carbonyl (C=O) groups is 1. The maximum Gasteiger partial charge on any atom is 0.251 e. The third kappa shape index (κ3) is 3.79. The Kier molecular flexibility index (Phi) is 5.06. The molecule has 22 heavy (non-hydrogen) atoms. The average molecular weight is 300 g/mol. The predicted molar refractivity (Wildman–Crippen MR) is 86.5 cm³/mol. The lowest BCUT2D eigenvalue weighted by atomic mass is 10.1. The van der Waals surface area contributed by atoms with Crippen LogP contribution in [-0.4, -0.2) is 22.4 Å². The van der Waals surface area contributed by atoms with E-state index in [-0.39, 0.29) is 17.4 Å². The average Bonchev–Trinajstić information content (AvgIpc) is 2.53. The van der Waals surface area contributed by atoms with Crippen molar-refractivity contribution in [3.05, 3.63) is 46.4 Å². The summed E-state index contributed by atoms with van der Waals surface area (Å²) in [6, 6.07) is 8.68. The van der Waals surface area contributed by atoms with Crippen molar-refractivity contribution < 1.29 is 4.79 Å². The van der Waals surface area contributed by atoms with E-state index >= 15 is 0 Å². The van der Waals surface area contributed by atoms with Crippen molar-refractivity contribution in [2.45, 2.75) is 20.3 Å². The van der Waals surface area contributed by atoms with Crippen molar-refractivity contribution in [2.24, 2.45) is 11.7 Å². The molecule has 1 aromatic carbocycles. The van der Waals surface area contributed by atoms with Crippen LogP contribution in [-0.2, 0) is 11.2 Å².